The van der Waals surface area contributed by atoms with Crippen molar-refractivity contribution in [3.8, 4) is 5.75 Å². The van der Waals surface area contributed by atoms with Crippen molar-refractivity contribution >= 4 is 79.4 Å². The van der Waals surface area contributed by atoms with Crippen molar-refractivity contribution in [2.24, 2.45) is 23.5 Å². The molecule has 420 valence electrons. The number of phenols is 1. The number of aromatic amines is 1. The first-order valence-corrected chi connectivity index (χ1v) is 28.2. The lowest BCUT2D eigenvalue weighted by Crippen LogP contribution is -2.59. The molecule has 4 aromatic rings. The standard InChI is InChI=1S/C55H73N7O12S2.CH4/c1-31(2)58-44(22-34-12-6-5-7-13-34)48(67)26-38-29-75-76-30-46(49(68)27-41(32(3)63)55(73)74)61-54(72)50(33(4)64)62-53(71)43(16-10-11-21-56)59-51(69)36(24-37-28-57-42-15-9-8-14-40(37)42)25-47(66)45(60-52(38)70)23-35-17-19-39(65)20-18-35;/h5-9,12-15,17-20,28,31-33,36,38,41,43-46,50,57-58,63-65H,10-11,16,21-27,29-30,56H2,1-4H3,(H,59,69)(H,60,70)(H,61,72)(H,62,71)(H,73,74);1H4. The molecule has 1 aliphatic rings. The van der Waals surface area contributed by atoms with Crippen LogP contribution in [0.25, 0.3) is 10.9 Å². The number of amides is 4. The number of carboxylic acids is 1. The number of ketones is 3. The third kappa shape index (κ3) is 19.7. The Bertz CT molecular complexity index is 2600. The molecule has 1 fully saturated rings. The Labute approximate surface area is 458 Å². The number of Topliss-reactive ketones (excluding diaryl/α,β-unsaturated/α-hetero) is 3. The molecule has 10 unspecified atom stereocenters. The van der Waals surface area contributed by atoms with Crippen LogP contribution in [0.5, 0.6) is 5.75 Å². The minimum absolute atomic E-state index is 0. The van der Waals surface area contributed by atoms with Gasteiger partial charge < -0.3 is 57.7 Å². The average molecular weight is 1100 g/mol. The van der Waals surface area contributed by atoms with Gasteiger partial charge in [-0.25, -0.2) is 0 Å². The summed E-state index contributed by atoms with van der Waals surface area (Å²) in [6.07, 6.45) is -1.65. The van der Waals surface area contributed by atoms with E-state index in [0.29, 0.717) is 30.4 Å². The largest absolute Gasteiger partial charge is 0.508 e. The molecule has 19 nitrogen and oxygen atoms in total. The van der Waals surface area contributed by atoms with Gasteiger partial charge in [0.05, 0.1) is 42.2 Å². The van der Waals surface area contributed by atoms with Crippen molar-refractivity contribution < 1.29 is 58.8 Å². The molecule has 0 bridgehead atoms. The predicted octanol–water partition coefficient (Wildman–Crippen LogP) is 3.94. The Balaban J connectivity index is 0.0000128. The minimum atomic E-state index is -1.70. The summed E-state index contributed by atoms with van der Waals surface area (Å²) < 4.78 is 0. The Kier molecular flexibility index (Phi) is 25.8. The highest BCUT2D eigenvalue weighted by atomic mass is 33.1. The number of rotatable bonds is 21. The zero-order chi connectivity index (χ0) is 55.5. The smallest absolute Gasteiger partial charge is 0.309 e. The highest BCUT2D eigenvalue weighted by Gasteiger charge is 2.38. The number of carboxylic acid groups (broad SMARTS) is 1. The number of nitrogens with two attached hydrogens (primary N) is 1. The van der Waals surface area contributed by atoms with Crippen molar-refractivity contribution in [3.63, 3.8) is 0 Å². The summed E-state index contributed by atoms with van der Waals surface area (Å²) in [5.41, 5.74) is 8.71. The van der Waals surface area contributed by atoms with Gasteiger partial charge in [-0.1, -0.05) is 104 Å². The second kappa shape index (κ2) is 31.3. The Hall–Kier alpha value is -6.10. The molecule has 4 amide bonds. The fourth-order valence-electron chi connectivity index (χ4n) is 9.00. The number of carbonyl (C=O) groups excluding carboxylic acids is 7. The van der Waals surface area contributed by atoms with Crippen LogP contribution in [0.4, 0.5) is 0 Å². The number of benzene rings is 3. The molecule has 0 spiro atoms. The molecular formula is C56H77N7O12S2. The van der Waals surface area contributed by atoms with Gasteiger partial charge in [-0.15, -0.1) is 0 Å². The molecule has 1 aliphatic heterocycles. The molecule has 5 rings (SSSR count). The van der Waals surface area contributed by atoms with Crippen LogP contribution in [0.2, 0.25) is 0 Å². The minimum Gasteiger partial charge on any atom is -0.508 e. The zero-order valence-corrected chi connectivity index (χ0v) is 45.0. The predicted molar refractivity (Wildman–Crippen MR) is 299 cm³/mol. The van der Waals surface area contributed by atoms with Crippen molar-refractivity contribution in [1.29, 1.82) is 0 Å². The number of aromatic nitrogens is 1. The number of aliphatic hydroxyl groups is 2. The number of carbonyl (C=O) groups is 8. The SMILES string of the molecule is C.CC(C)NC(Cc1ccccc1)C(=O)CC1CSSCC(C(=O)CC(C(=O)O)C(C)O)NC(=O)C(C(C)O)NC(=O)C(CCCCN)NC(=O)C(Cc2c[nH]c3ccccc23)CC(=O)C(Cc2ccc(O)cc2)NC1=O. The molecule has 77 heavy (non-hydrogen) atoms. The van der Waals surface area contributed by atoms with Gasteiger partial charge in [0.15, 0.2) is 17.3 Å². The van der Waals surface area contributed by atoms with Crippen LogP contribution < -0.4 is 32.3 Å². The fourth-order valence-corrected chi connectivity index (χ4v) is 11.5. The molecular weight excluding hydrogens is 1030 g/mol. The zero-order valence-electron chi connectivity index (χ0n) is 43.4. The van der Waals surface area contributed by atoms with E-state index in [1.807, 2.05) is 68.4 Å². The summed E-state index contributed by atoms with van der Waals surface area (Å²) in [6.45, 7) is 6.50. The Morgan fingerprint density at radius 2 is 1.39 bits per heavy atom. The van der Waals surface area contributed by atoms with Crippen molar-refractivity contribution in [2.45, 2.75) is 141 Å². The van der Waals surface area contributed by atoms with E-state index < -0.39 is 114 Å². The highest BCUT2D eigenvalue weighted by Crippen LogP contribution is 2.29. The summed E-state index contributed by atoms with van der Waals surface area (Å²) in [4.78, 5) is 117. The average Bonchev–Trinajstić information content (AvgIpc) is 3.79. The number of H-pyrrole nitrogens is 1. The summed E-state index contributed by atoms with van der Waals surface area (Å²) in [7, 11) is 2.12. The van der Waals surface area contributed by atoms with Crippen LogP contribution in [0.15, 0.2) is 85.1 Å². The second-order valence-electron chi connectivity index (χ2n) is 19.9. The van der Waals surface area contributed by atoms with E-state index in [1.165, 1.54) is 26.0 Å². The fraction of sp³-hybridized carbons (Fsp3) is 0.500. The summed E-state index contributed by atoms with van der Waals surface area (Å²) >= 11 is 0. The maximum atomic E-state index is 15.0. The number of aliphatic hydroxyl groups excluding tert-OH is 2. The molecule has 21 heteroatoms. The first kappa shape index (κ1) is 63.4. The first-order valence-electron chi connectivity index (χ1n) is 25.7. The molecule has 2 heterocycles. The van der Waals surface area contributed by atoms with Gasteiger partial charge in [0.25, 0.3) is 0 Å². The quantitative estimate of drug-likeness (QED) is 0.0416. The van der Waals surface area contributed by atoms with E-state index in [0.717, 1.165) is 38.1 Å². The first-order chi connectivity index (χ1) is 36.2. The number of hydrogen-bond donors (Lipinski definition) is 11. The second-order valence-corrected chi connectivity index (χ2v) is 22.4. The van der Waals surface area contributed by atoms with Gasteiger partial charge in [-0.3, -0.25) is 38.4 Å². The van der Waals surface area contributed by atoms with Gasteiger partial charge in [-0.05, 0) is 93.8 Å². The normalized spacial score (nSPS) is 22.1. The number of nitrogens with one attached hydrogen (secondary N) is 6. The summed E-state index contributed by atoms with van der Waals surface area (Å²) in [6, 6.07) is 16.2. The van der Waals surface area contributed by atoms with Crippen LogP contribution in [-0.4, -0.2) is 139 Å². The molecule has 0 saturated carbocycles. The molecule has 10 atom stereocenters. The van der Waals surface area contributed by atoms with E-state index in [-0.39, 0.29) is 68.7 Å². The number of unbranched alkanes of at least 4 members (excludes halogenated alkanes) is 1. The highest BCUT2D eigenvalue weighted by molar-refractivity contribution is 8.76. The lowest BCUT2D eigenvalue weighted by atomic mass is 9.88. The Morgan fingerprint density at radius 3 is 2.04 bits per heavy atom. The third-order valence-electron chi connectivity index (χ3n) is 13.3. The summed E-state index contributed by atoms with van der Waals surface area (Å²) in [5.74, 6) is -10.4. The lowest BCUT2D eigenvalue weighted by Gasteiger charge is -2.28. The third-order valence-corrected chi connectivity index (χ3v) is 15.8. The van der Waals surface area contributed by atoms with E-state index in [1.54, 1.807) is 18.3 Å². The van der Waals surface area contributed by atoms with Crippen LogP contribution in [0, 0.1) is 17.8 Å². The van der Waals surface area contributed by atoms with Gasteiger partial charge in [0.1, 0.15) is 17.8 Å². The number of aromatic hydroxyl groups is 1. The van der Waals surface area contributed by atoms with Crippen LogP contribution in [0.3, 0.4) is 0 Å². The number of hydrogen-bond acceptors (Lipinski definition) is 15. The number of para-hydroxylation sites is 1. The van der Waals surface area contributed by atoms with E-state index in [9.17, 15) is 54.0 Å². The molecule has 1 aromatic heterocycles. The van der Waals surface area contributed by atoms with Crippen LogP contribution in [-0.2, 0) is 57.6 Å². The van der Waals surface area contributed by atoms with Crippen molar-refractivity contribution in [2.75, 3.05) is 18.1 Å². The molecule has 12 N–H and O–H groups in total. The maximum absolute atomic E-state index is 15.0. The van der Waals surface area contributed by atoms with Crippen LogP contribution >= 0.6 is 21.6 Å². The molecule has 1 saturated heterocycles. The molecule has 0 aliphatic carbocycles. The summed E-state index contributed by atoms with van der Waals surface area (Å²) in [5, 5.41) is 56.2. The molecule has 3 aromatic carbocycles. The number of aliphatic carboxylic acids is 1. The number of phenolic OH excluding ortho intramolecular Hbond substituents is 1. The van der Waals surface area contributed by atoms with Gasteiger partial charge in [-0.2, -0.15) is 0 Å². The monoisotopic (exact) mass is 1100 g/mol. The molecule has 0 radical (unpaired) electrons. The van der Waals surface area contributed by atoms with E-state index >= 15 is 4.79 Å². The van der Waals surface area contributed by atoms with Gasteiger partial charge >= 0.3 is 5.97 Å². The number of fused-ring (bicyclic) bond motifs is 1. The topological polar surface area (TPSA) is 319 Å². The van der Waals surface area contributed by atoms with E-state index in [2.05, 4.69) is 31.6 Å². The van der Waals surface area contributed by atoms with Gasteiger partial charge in [0, 0.05) is 59.8 Å². The van der Waals surface area contributed by atoms with Crippen molar-refractivity contribution in [3.05, 3.63) is 102 Å². The Morgan fingerprint density at radius 1 is 0.740 bits per heavy atom. The van der Waals surface area contributed by atoms with E-state index in [4.69, 9.17) is 5.73 Å². The van der Waals surface area contributed by atoms with Crippen molar-refractivity contribution in [1.82, 2.24) is 31.6 Å². The van der Waals surface area contributed by atoms with Gasteiger partial charge in [0.2, 0.25) is 23.6 Å². The van der Waals surface area contributed by atoms with Crippen LogP contribution in [0.1, 0.15) is 90.3 Å². The maximum Gasteiger partial charge on any atom is 0.309 e. The lowest BCUT2D eigenvalue weighted by molar-refractivity contribution is -0.147.